The number of alkyl carbamates (subject to hydrolysis) is 1. The van der Waals surface area contributed by atoms with E-state index < -0.39 is 5.60 Å². The Balaban J connectivity index is 3.67. The molecule has 15 heavy (non-hydrogen) atoms. The minimum Gasteiger partial charge on any atom is -0.444 e. The van der Waals surface area contributed by atoms with Crippen molar-refractivity contribution < 1.29 is 14.6 Å². The molecule has 1 atom stereocenters. The number of carbonyl (C=O) groups is 1. The van der Waals surface area contributed by atoms with Crippen molar-refractivity contribution in [3.63, 3.8) is 0 Å². The molecule has 0 heterocycles. The number of amides is 1. The van der Waals surface area contributed by atoms with E-state index in [9.17, 15) is 4.79 Å². The van der Waals surface area contributed by atoms with Crippen molar-refractivity contribution in [2.24, 2.45) is 0 Å². The highest BCUT2D eigenvalue weighted by Gasteiger charge is 2.17. The first kappa shape index (κ1) is 14.2. The fraction of sp³-hybridized carbons (Fsp3) is 0.909. The van der Waals surface area contributed by atoms with Crippen LogP contribution in [0.3, 0.4) is 0 Å². The molecule has 0 aromatic carbocycles. The number of aliphatic hydroxyl groups excluding tert-OH is 1. The zero-order valence-electron chi connectivity index (χ0n) is 10.2. The quantitative estimate of drug-likeness (QED) is 0.693. The molecular formula is C11H23NO3. The van der Waals surface area contributed by atoms with E-state index in [1.165, 1.54) is 0 Å². The van der Waals surface area contributed by atoms with E-state index in [1.807, 2.05) is 27.7 Å². The summed E-state index contributed by atoms with van der Waals surface area (Å²) in [5.74, 6) is 0. The topological polar surface area (TPSA) is 58.6 Å². The summed E-state index contributed by atoms with van der Waals surface area (Å²) in [6, 6.07) is 0.0893. The van der Waals surface area contributed by atoms with Crippen LogP contribution < -0.4 is 5.32 Å². The Hall–Kier alpha value is -0.770. The number of hydrogen-bond donors (Lipinski definition) is 2. The third kappa shape index (κ3) is 9.53. The fourth-order valence-corrected chi connectivity index (χ4v) is 1.14. The van der Waals surface area contributed by atoms with E-state index in [0.29, 0.717) is 0 Å². The largest absolute Gasteiger partial charge is 0.444 e. The van der Waals surface area contributed by atoms with E-state index in [-0.39, 0.29) is 18.7 Å². The minimum absolute atomic E-state index is 0.0893. The third-order valence-corrected chi connectivity index (χ3v) is 1.81. The lowest BCUT2D eigenvalue weighted by Crippen LogP contribution is -2.37. The van der Waals surface area contributed by atoms with Crippen molar-refractivity contribution in [2.45, 2.75) is 58.6 Å². The molecule has 0 saturated heterocycles. The maximum atomic E-state index is 11.3. The van der Waals surface area contributed by atoms with Crippen molar-refractivity contribution in [2.75, 3.05) is 6.61 Å². The third-order valence-electron chi connectivity index (χ3n) is 1.81. The van der Waals surface area contributed by atoms with Crippen LogP contribution in [0.4, 0.5) is 4.79 Å². The summed E-state index contributed by atoms with van der Waals surface area (Å²) in [6.07, 6.45) is 2.17. The molecule has 1 amide bonds. The number of aliphatic hydroxyl groups is 1. The molecule has 0 aliphatic heterocycles. The Morgan fingerprint density at radius 2 is 2.00 bits per heavy atom. The second-order valence-electron chi connectivity index (χ2n) is 4.77. The summed E-state index contributed by atoms with van der Waals surface area (Å²) < 4.78 is 5.12. The van der Waals surface area contributed by atoms with Crippen molar-refractivity contribution in [1.82, 2.24) is 5.32 Å². The van der Waals surface area contributed by atoms with Gasteiger partial charge in [-0.05, 0) is 47.0 Å². The number of ether oxygens (including phenoxy) is 1. The normalized spacial score (nSPS) is 13.4. The molecule has 0 aromatic rings. The fourth-order valence-electron chi connectivity index (χ4n) is 1.14. The SMILES string of the molecule is C[C@@H](CCCCO)NC(=O)OC(C)(C)C. The molecule has 2 N–H and O–H groups in total. The average molecular weight is 217 g/mol. The zero-order valence-corrected chi connectivity index (χ0v) is 10.2. The maximum absolute atomic E-state index is 11.3. The standard InChI is InChI=1S/C11H23NO3/c1-9(7-5-6-8-13)12-10(14)15-11(2,3)4/h9,13H,5-8H2,1-4H3,(H,12,14)/t9-/m0/s1. The number of rotatable bonds is 5. The predicted octanol–water partition coefficient (Wildman–Crippen LogP) is 2.06. The Morgan fingerprint density at radius 1 is 1.40 bits per heavy atom. The first-order valence-corrected chi connectivity index (χ1v) is 5.45. The van der Waals surface area contributed by atoms with Gasteiger partial charge in [-0.1, -0.05) is 0 Å². The summed E-state index contributed by atoms with van der Waals surface area (Å²) in [4.78, 5) is 11.3. The molecule has 0 unspecified atom stereocenters. The van der Waals surface area contributed by atoms with Crippen LogP contribution in [0, 0.1) is 0 Å². The monoisotopic (exact) mass is 217 g/mol. The molecule has 0 aromatic heterocycles. The summed E-state index contributed by atoms with van der Waals surface area (Å²) in [7, 11) is 0. The van der Waals surface area contributed by atoms with Crippen LogP contribution in [0.5, 0.6) is 0 Å². The van der Waals surface area contributed by atoms with Gasteiger partial charge in [-0.3, -0.25) is 0 Å². The summed E-state index contributed by atoms with van der Waals surface area (Å²) in [6.45, 7) is 7.65. The molecule has 4 nitrogen and oxygen atoms in total. The van der Waals surface area contributed by atoms with Gasteiger partial charge in [0.15, 0.2) is 0 Å². The maximum Gasteiger partial charge on any atom is 0.407 e. The highest BCUT2D eigenvalue weighted by molar-refractivity contribution is 5.67. The van der Waals surface area contributed by atoms with Crippen molar-refractivity contribution in [3.8, 4) is 0 Å². The van der Waals surface area contributed by atoms with E-state index in [2.05, 4.69) is 5.32 Å². The van der Waals surface area contributed by atoms with Crippen molar-refractivity contribution >= 4 is 6.09 Å². The van der Waals surface area contributed by atoms with E-state index in [4.69, 9.17) is 9.84 Å². The van der Waals surface area contributed by atoms with Gasteiger partial charge in [0.05, 0.1) is 0 Å². The van der Waals surface area contributed by atoms with Gasteiger partial charge in [0, 0.05) is 12.6 Å². The molecule has 0 radical (unpaired) electrons. The van der Waals surface area contributed by atoms with Gasteiger partial charge in [-0.15, -0.1) is 0 Å². The summed E-state index contributed by atoms with van der Waals surface area (Å²) in [5, 5.41) is 11.4. The lowest BCUT2D eigenvalue weighted by atomic mass is 10.1. The molecular weight excluding hydrogens is 194 g/mol. The Kier molecular flexibility index (Phi) is 6.32. The predicted molar refractivity (Wildman–Crippen MR) is 59.8 cm³/mol. The molecule has 0 saturated carbocycles. The number of hydrogen-bond acceptors (Lipinski definition) is 3. The summed E-state index contributed by atoms with van der Waals surface area (Å²) >= 11 is 0. The van der Waals surface area contributed by atoms with Crippen molar-refractivity contribution in [1.29, 1.82) is 0 Å². The summed E-state index contributed by atoms with van der Waals surface area (Å²) in [5.41, 5.74) is -0.450. The minimum atomic E-state index is -0.450. The highest BCUT2D eigenvalue weighted by atomic mass is 16.6. The number of carbonyl (C=O) groups excluding carboxylic acids is 1. The van der Waals surface area contributed by atoms with Crippen LogP contribution in [0.25, 0.3) is 0 Å². The Labute approximate surface area is 92.0 Å². The van der Waals surface area contributed by atoms with Gasteiger partial charge in [-0.2, -0.15) is 0 Å². The second-order valence-corrected chi connectivity index (χ2v) is 4.77. The smallest absolute Gasteiger partial charge is 0.407 e. The van der Waals surface area contributed by atoms with Gasteiger partial charge in [0.25, 0.3) is 0 Å². The van der Waals surface area contributed by atoms with E-state index in [1.54, 1.807) is 0 Å². The molecule has 0 bridgehead atoms. The molecule has 90 valence electrons. The van der Waals surface area contributed by atoms with Gasteiger partial charge in [0.2, 0.25) is 0 Å². The number of unbranched alkanes of at least 4 members (excludes halogenated alkanes) is 1. The molecule has 0 rings (SSSR count). The highest BCUT2D eigenvalue weighted by Crippen LogP contribution is 2.07. The Bertz CT molecular complexity index is 187. The molecule has 0 aliphatic carbocycles. The second kappa shape index (κ2) is 6.67. The molecule has 4 heteroatoms. The van der Waals surface area contributed by atoms with Crippen LogP contribution in [-0.2, 0) is 4.74 Å². The lowest BCUT2D eigenvalue weighted by Gasteiger charge is -2.21. The van der Waals surface area contributed by atoms with E-state index in [0.717, 1.165) is 19.3 Å². The average Bonchev–Trinajstić information content (AvgIpc) is 2.00. The molecule has 0 spiro atoms. The van der Waals surface area contributed by atoms with Gasteiger partial charge < -0.3 is 15.2 Å². The van der Waals surface area contributed by atoms with Gasteiger partial charge >= 0.3 is 6.09 Å². The van der Waals surface area contributed by atoms with Crippen LogP contribution in [0.1, 0.15) is 47.0 Å². The van der Waals surface area contributed by atoms with Crippen LogP contribution in [0.2, 0.25) is 0 Å². The van der Waals surface area contributed by atoms with E-state index >= 15 is 0 Å². The number of nitrogens with one attached hydrogen (secondary N) is 1. The zero-order chi connectivity index (χ0) is 11.9. The molecule has 0 aliphatic rings. The van der Waals surface area contributed by atoms with Crippen LogP contribution >= 0.6 is 0 Å². The first-order chi connectivity index (χ1) is 6.85. The molecule has 0 fully saturated rings. The van der Waals surface area contributed by atoms with Crippen LogP contribution in [-0.4, -0.2) is 29.4 Å². The van der Waals surface area contributed by atoms with Crippen LogP contribution in [0.15, 0.2) is 0 Å². The Morgan fingerprint density at radius 3 is 2.47 bits per heavy atom. The van der Waals surface area contributed by atoms with Gasteiger partial charge in [0.1, 0.15) is 5.60 Å². The van der Waals surface area contributed by atoms with Gasteiger partial charge in [-0.25, -0.2) is 4.79 Å². The lowest BCUT2D eigenvalue weighted by molar-refractivity contribution is 0.0505. The van der Waals surface area contributed by atoms with Crippen molar-refractivity contribution in [3.05, 3.63) is 0 Å². The first-order valence-electron chi connectivity index (χ1n) is 5.45.